The second-order valence-corrected chi connectivity index (χ2v) is 9.58. The van der Waals surface area contributed by atoms with E-state index in [2.05, 4.69) is 5.32 Å². The zero-order valence-electron chi connectivity index (χ0n) is 16.8. The van der Waals surface area contributed by atoms with Gasteiger partial charge in [-0.15, -0.1) is 0 Å². The summed E-state index contributed by atoms with van der Waals surface area (Å²) in [5.74, 6) is 0.396. The number of amides is 1. The van der Waals surface area contributed by atoms with Gasteiger partial charge in [0.1, 0.15) is 12.3 Å². The highest BCUT2D eigenvalue weighted by atomic mass is 35.5. The lowest BCUT2D eigenvalue weighted by Crippen LogP contribution is -2.37. The van der Waals surface area contributed by atoms with E-state index in [1.165, 1.54) is 6.07 Å². The first-order chi connectivity index (χ1) is 14.6. The minimum atomic E-state index is -3.74. The van der Waals surface area contributed by atoms with E-state index in [9.17, 15) is 13.2 Å². The molecule has 3 aromatic carbocycles. The van der Waals surface area contributed by atoms with Crippen molar-refractivity contribution in [2.24, 2.45) is 0 Å². The average molecular weight is 479 g/mol. The zero-order valence-corrected chi connectivity index (χ0v) is 19.1. The van der Waals surface area contributed by atoms with Gasteiger partial charge in [-0.2, -0.15) is 0 Å². The number of aryl methyl sites for hydroxylation is 1. The standard InChI is InChI=1S/C22H20Cl2N2O4S/c1-15-12-16(23)8-10-20(15)26(31(2,28)29)14-22(27)25-19-13-17(24)9-11-21(19)30-18-6-4-3-5-7-18/h3-13H,14H2,1-2H3,(H,25,27). The molecule has 3 rings (SSSR count). The molecule has 6 nitrogen and oxygen atoms in total. The minimum absolute atomic E-state index is 0.322. The van der Waals surface area contributed by atoms with E-state index in [4.69, 9.17) is 27.9 Å². The van der Waals surface area contributed by atoms with Crippen molar-refractivity contribution >= 4 is 50.5 Å². The van der Waals surface area contributed by atoms with E-state index < -0.39 is 22.5 Å². The number of rotatable bonds is 7. The Bertz CT molecular complexity index is 1200. The van der Waals surface area contributed by atoms with Gasteiger partial charge in [0.05, 0.1) is 17.6 Å². The molecular formula is C22H20Cl2N2O4S. The van der Waals surface area contributed by atoms with Crippen LogP contribution in [-0.4, -0.2) is 27.1 Å². The van der Waals surface area contributed by atoms with Crippen LogP contribution in [0.25, 0.3) is 0 Å². The van der Waals surface area contributed by atoms with Gasteiger partial charge in [-0.25, -0.2) is 8.42 Å². The predicted molar refractivity (Wildman–Crippen MR) is 125 cm³/mol. The number of ether oxygens (including phenoxy) is 1. The molecule has 0 aliphatic rings. The fourth-order valence-corrected chi connectivity index (χ4v) is 4.22. The van der Waals surface area contributed by atoms with Gasteiger partial charge in [-0.3, -0.25) is 9.10 Å². The van der Waals surface area contributed by atoms with Crippen LogP contribution >= 0.6 is 23.2 Å². The highest BCUT2D eigenvalue weighted by Gasteiger charge is 2.23. The van der Waals surface area contributed by atoms with Crippen molar-refractivity contribution in [1.29, 1.82) is 0 Å². The molecule has 1 N–H and O–H groups in total. The Morgan fingerprint density at radius 1 is 1.00 bits per heavy atom. The SMILES string of the molecule is Cc1cc(Cl)ccc1N(CC(=O)Nc1cc(Cl)ccc1Oc1ccccc1)S(C)(=O)=O. The normalized spacial score (nSPS) is 11.1. The number of carbonyl (C=O) groups is 1. The third kappa shape index (κ3) is 6.13. The van der Waals surface area contributed by atoms with Crippen molar-refractivity contribution in [1.82, 2.24) is 0 Å². The average Bonchev–Trinajstić information content (AvgIpc) is 2.69. The summed E-state index contributed by atoms with van der Waals surface area (Å²) in [6.07, 6.45) is 1.04. The Hall–Kier alpha value is -2.74. The number of halogens is 2. The molecule has 1 amide bonds. The summed E-state index contributed by atoms with van der Waals surface area (Å²) in [6.45, 7) is 1.29. The van der Waals surface area contributed by atoms with Gasteiger partial charge in [-0.1, -0.05) is 41.4 Å². The molecular weight excluding hydrogens is 459 g/mol. The number of benzene rings is 3. The van der Waals surface area contributed by atoms with Gasteiger partial charge in [-0.05, 0) is 61.0 Å². The van der Waals surface area contributed by atoms with Crippen LogP contribution in [-0.2, 0) is 14.8 Å². The van der Waals surface area contributed by atoms with Crippen molar-refractivity contribution in [3.63, 3.8) is 0 Å². The third-order valence-corrected chi connectivity index (χ3v) is 5.90. The third-order valence-electron chi connectivity index (χ3n) is 4.30. The molecule has 0 atom stereocenters. The van der Waals surface area contributed by atoms with Crippen LogP contribution in [0.4, 0.5) is 11.4 Å². The molecule has 0 bridgehead atoms. The van der Waals surface area contributed by atoms with Crippen LogP contribution < -0.4 is 14.4 Å². The molecule has 0 heterocycles. The number of anilines is 2. The maximum Gasteiger partial charge on any atom is 0.245 e. The second-order valence-electron chi connectivity index (χ2n) is 6.80. The van der Waals surface area contributed by atoms with E-state index in [-0.39, 0.29) is 0 Å². The van der Waals surface area contributed by atoms with Crippen molar-refractivity contribution in [2.75, 3.05) is 22.4 Å². The van der Waals surface area contributed by atoms with Crippen molar-refractivity contribution in [3.8, 4) is 11.5 Å². The number of hydrogen-bond acceptors (Lipinski definition) is 4. The largest absolute Gasteiger partial charge is 0.455 e. The summed E-state index contributed by atoms with van der Waals surface area (Å²) < 4.78 is 31.6. The first-order valence-electron chi connectivity index (χ1n) is 9.19. The van der Waals surface area contributed by atoms with Crippen molar-refractivity contribution in [2.45, 2.75) is 6.92 Å². The fraction of sp³-hybridized carbons (Fsp3) is 0.136. The number of hydrogen-bond donors (Lipinski definition) is 1. The lowest BCUT2D eigenvalue weighted by Gasteiger charge is -2.24. The van der Waals surface area contributed by atoms with E-state index in [1.807, 2.05) is 18.2 Å². The second kappa shape index (κ2) is 9.60. The van der Waals surface area contributed by atoms with Gasteiger partial charge < -0.3 is 10.1 Å². The van der Waals surface area contributed by atoms with Gasteiger partial charge in [0.15, 0.2) is 5.75 Å². The van der Waals surface area contributed by atoms with Crippen LogP contribution in [0.1, 0.15) is 5.56 Å². The van der Waals surface area contributed by atoms with Crippen LogP contribution in [0.3, 0.4) is 0 Å². The molecule has 162 valence electrons. The summed E-state index contributed by atoms with van der Waals surface area (Å²) in [6, 6.07) is 18.6. The Labute approximate surface area is 191 Å². The lowest BCUT2D eigenvalue weighted by atomic mass is 10.2. The molecule has 0 unspecified atom stereocenters. The molecule has 0 aromatic heterocycles. The molecule has 0 aliphatic carbocycles. The summed E-state index contributed by atoms with van der Waals surface area (Å²) in [5.41, 5.74) is 1.32. The Kier molecular flexibility index (Phi) is 7.10. The number of sulfonamides is 1. The maximum atomic E-state index is 12.8. The van der Waals surface area contributed by atoms with E-state index >= 15 is 0 Å². The number of nitrogens with zero attached hydrogens (tertiary/aromatic N) is 1. The van der Waals surface area contributed by atoms with Crippen molar-refractivity contribution < 1.29 is 17.9 Å². The van der Waals surface area contributed by atoms with Gasteiger partial charge in [0, 0.05) is 10.0 Å². The number of nitrogens with one attached hydrogen (secondary N) is 1. The van der Waals surface area contributed by atoms with Crippen LogP contribution in [0, 0.1) is 6.92 Å². The Balaban J connectivity index is 1.85. The Morgan fingerprint density at radius 2 is 1.65 bits per heavy atom. The van der Waals surface area contributed by atoms with E-state index in [0.29, 0.717) is 38.5 Å². The summed E-state index contributed by atoms with van der Waals surface area (Å²) in [7, 11) is -3.74. The predicted octanol–water partition coefficient (Wildman–Crippen LogP) is 5.50. The van der Waals surface area contributed by atoms with Crippen LogP contribution in [0.15, 0.2) is 66.7 Å². The first-order valence-corrected chi connectivity index (χ1v) is 11.8. The smallest absolute Gasteiger partial charge is 0.245 e. The summed E-state index contributed by atoms with van der Waals surface area (Å²) in [5, 5.41) is 3.56. The number of para-hydroxylation sites is 1. The summed E-state index contributed by atoms with van der Waals surface area (Å²) >= 11 is 12.1. The summed E-state index contributed by atoms with van der Waals surface area (Å²) in [4.78, 5) is 12.8. The molecule has 0 saturated carbocycles. The lowest BCUT2D eigenvalue weighted by molar-refractivity contribution is -0.114. The molecule has 0 aliphatic heterocycles. The highest BCUT2D eigenvalue weighted by Crippen LogP contribution is 2.32. The van der Waals surface area contributed by atoms with E-state index in [1.54, 1.807) is 49.4 Å². The topological polar surface area (TPSA) is 75.7 Å². The van der Waals surface area contributed by atoms with Crippen molar-refractivity contribution in [3.05, 3.63) is 82.3 Å². The molecule has 0 radical (unpaired) electrons. The maximum absolute atomic E-state index is 12.8. The van der Waals surface area contributed by atoms with Crippen LogP contribution in [0.2, 0.25) is 10.0 Å². The molecule has 0 spiro atoms. The molecule has 0 saturated heterocycles. The van der Waals surface area contributed by atoms with Gasteiger partial charge in [0.25, 0.3) is 0 Å². The van der Waals surface area contributed by atoms with E-state index in [0.717, 1.165) is 10.6 Å². The first kappa shape index (κ1) is 22.9. The highest BCUT2D eigenvalue weighted by molar-refractivity contribution is 7.92. The quantitative estimate of drug-likeness (QED) is 0.486. The molecule has 9 heteroatoms. The fourth-order valence-electron chi connectivity index (χ4n) is 2.90. The molecule has 0 fully saturated rings. The van der Waals surface area contributed by atoms with Gasteiger partial charge in [0.2, 0.25) is 15.9 Å². The minimum Gasteiger partial charge on any atom is -0.455 e. The van der Waals surface area contributed by atoms with Gasteiger partial charge >= 0.3 is 0 Å². The molecule has 3 aromatic rings. The molecule has 31 heavy (non-hydrogen) atoms. The monoisotopic (exact) mass is 478 g/mol. The zero-order chi connectivity index (χ0) is 22.6. The van der Waals surface area contributed by atoms with Crippen LogP contribution in [0.5, 0.6) is 11.5 Å². The number of carbonyl (C=O) groups excluding carboxylic acids is 1. The Morgan fingerprint density at radius 3 is 2.29 bits per heavy atom.